The van der Waals surface area contributed by atoms with Crippen molar-refractivity contribution in [2.75, 3.05) is 7.05 Å². The van der Waals surface area contributed by atoms with Crippen molar-refractivity contribution in [3.05, 3.63) is 18.0 Å². The third kappa shape index (κ3) is 3.38. The average molecular weight is 288 g/mol. The summed E-state index contributed by atoms with van der Waals surface area (Å²) in [5, 5.41) is 9.23. The number of aryl methyl sites for hydroxylation is 1. The second-order valence-corrected chi connectivity index (χ2v) is 6.77. The van der Waals surface area contributed by atoms with E-state index >= 15 is 0 Å². The molecule has 1 aromatic heterocycles. The van der Waals surface area contributed by atoms with Crippen molar-refractivity contribution in [1.82, 2.24) is 8.87 Å². The normalized spacial score (nSPS) is 14.0. The van der Waals surface area contributed by atoms with E-state index in [-0.39, 0.29) is 17.5 Å². The fraction of sp³-hybridized carbons (Fsp3) is 0.692. The zero-order valence-electron chi connectivity index (χ0n) is 12.1. The van der Waals surface area contributed by atoms with Gasteiger partial charge in [0.05, 0.1) is 6.61 Å². The highest BCUT2D eigenvalue weighted by molar-refractivity contribution is 7.89. The van der Waals surface area contributed by atoms with Crippen molar-refractivity contribution < 1.29 is 13.5 Å². The first-order valence-electron chi connectivity index (χ1n) is 6.66. The first kappa shape index (κ1) is 16.2. The minimum absolute atomic E-state index is 0.0300. The lowest BCUT2D eigenvalue weighted by molar-refractivity contribution is 0.271. The molecule has 0 saturated heterocycles. The maximum atomic E-state index is 12.5. The molecule has 0 aliphatic rings. The van der Waals surface area contributed by atoms with Crippen LogP contribution in [0.1, 0.15) is 39.3 Å². The Morgan fingerprint density at radius 2 is 2.05 bits per heavy atom. The average Bonchev–Trinajstić information content (AvgIpc) is 2.81. The summed E-state index contributed by atoms with van der Waals surface area (Å²) in [7, 11) is -1.87. The van der Waals surface area contributed by atoms with Gasteiger partial charge in [0.1, 0.15) is 4.90 Å². The summed E-state index contributed by atoms with van der Waals surface area (Å²) in [4.78, 5) is 0.254. The lowest BCUT2D eigenvalue weighted by Gasteiger charge is -2.23. The molecule has 1 rings (SSSR count). The summed E-state index contributed by atoms with van der Waals surface area (Å²) in [6.45, 7) is 6.34. The highest BCUT2D eigenvalue weighted by atomic mass is 32.2. The molecule has 19 heavy (non-hydrogen) atoms. The Morgan fingerprint density at radius 1 is 1.42 bits per heavy atom. The number of aromatic nitrogens is 1. The Labute approximate surface area is 115 Å². The summed E-state index contributed by atoms with van der Waals surface area (Å²) >= 11 is 0. The van der Waals surface area contributed by atoms with Crippen LogP contribution in [-0.4, -0.2) is 35.5 Å². The Hall–Kier alpha value is -0.850. The number of hydrogen-bond acceptors (Lipinski definition) is 3. The van der Waals surface area contributed by atoms with Crippen LogP contribution in [-0.2, 0) is 23.2 Å². The molecule has 0 bridgehead atoms. The van der Waals surface area contributed by atoms with Gasteiger partial charge in [-0.25, -0.2) is 8.42 Å². The van der Waals surface area contributed by atoms with Crippen LogP contribution in [0.2, 0.25) is 0 Å². The van der Waals surface area contributed by atoms with Gasteiger partial charge in [-0.2, -0.15) is 4.31 Å². The zero-order chi connectivity index (χ0) is 14.6. The summed E-state index contributed by atoms with van der Waals surface area (Å²) in [6, 6.07) is 1.52. The molecule has 0 aliphatic carbocycles. The lowest BCUT2D eigenvalue weighted by Crippen LogP contribution is -2.34. The predicted molar refractivity (Wildman–Crippen MR) is 75.3 cm³/mol. The molecule has 1 N–H and O–H groups in total. The molecular weight excluding hydrogens is 264 g/mol. The van der Waals surface area contributed by atoms with Crippen molar-refractivity contribution in [3.8, 4) is 0 Å². The zero-order valence-corrected chi connectivity index (χ0v) is 12.9. The van der Waals surface area contributed by atoms with E-state index in [2.05, 4.69) is 0 Å². The topological polar surface area (TPSA) is 62.5 Å². The van der Waals surface area contributed by atoms with Gasteiger partial charge in [-0.15, -0.1) is 0 Å². The Balaban J connectivity index is 3.09. The fourth-order valence-electron chi connectivity index (χ4n) is 2.10. The molecule has 6 heteroatoms. The summed E-state index contributed by atoms with van der Waals surface area (Å²) in [6.07, 6.45) is 3.37. The van der Waals surface area contributed by atoms with Gasteiger partial charge < -0.3 is 9.67 Å². The van der Waals surface area contributed by atoms with E-state index in [9.17, 15) is 13.5 Å². The minimum atomic E-state index is -3.48. The van der Waals surface area contributed by atoms with Gasteiger partial charge in [0, 0.05) is 31.5 Å². The molecule has 0 aromatic carbocycles. The molecule has 1 aromatic rings. The van der Waals surface area contributed by atoms with Crippen molar-refractivity contribution in [3.63, 3.8) is 0 Å². The van der Waals surface area contributed by atoms with E-state index in [1.54, 1.807) is 23.9 Å². The van der Waals surface area contributed by atoms with Crippen molar-refractivity contribution in [2.45, 2.75) is 57.7 Å². The Bertz CT molecular complexity index is 486. The van der Waals surface area contributed by atoms with Crippen LogP contribution in [0.3, 0.4) is 0 Å². The van der Waals surface area contributed by atoms with Crippen molar-refractivity contribution in [1.29, 1.82) is 0 Å². The number of nitrogens with zero attached hydrogens (tertiary/aromatic N) is 2. The van der Waals surface area contributed by atoms with Gasteiger partial charge in [0.15, 0.2) is 0 Å². The number of hydrogen-bond donors (Lipinski definition) is 1. The Morgan fingerprint density at radius 3 is 2.47 bits per heavy atom. The summed E-state index contributed by atoms with van der Waals surface area (Å²) in [5.41, 5.74) is 0.623. The number of sulfonamides is 1. The maximum Gasteiger partial charge on any atom is 0.244 e. The first-order valence-corrected chi connectivity index (χ1v) is 8.10. The van der Waals surface area contributed by atoms with Crippen LogP contribution in [0, 0.1) is 0 Å². The molecule has 0 amide bonds. The Kier molecular flexibility index (Phi) is 5.58. The van der Waals surface area contributed by atoms with Gasteiger partial charge in [-0.3, -0.25) is 0 Å². The molecule has 0 aliphatic heterocycles. The van der Waals surface area contributed by atoms with Gasteiger partial charge >= 0.3 is 0 Å². The quantitative estimate of drug-likeness (QED) is 0.832. The largest absolute Gasteiger partial charge is 0.390 e. The fourth-order valence-corrected chi connectivity index (χ4v) is 3.55. The van der Waals surface area contributed by atoms with E-state index in [0.717, 1.165) is 12.8 Å². The third-order valence-corrected chi connectivity index (χ3v) is 5.40. The molecule has 0 radical (unpaired) electrons. The highest BCUT2D eigenvalue weighted by Gasteiger charge is 2.26. The van der Waals surface area contributed by atoms with E-state index in [1.807, 2.05) is 20.8 Å². The van der Waals surface area contributed by atoms with Gasteiger partial charge in [0.2, 0.25) is 10.0 Å². The van der Waals surface area contributed by atoms with Gasteiger partial charge in [-0.1, -0.05) is 13.3 Å². The second-order valence-electron chi connectivity index (χ2n) is 4.77. The molecule has 1 heterocycles. The molecular formula is C13H24N2O3S. The molecule has 0 spiro atoms. The van der Waals surface area contributed by atoms with Crippen LogP contribution in [0.15, 0.2) is 17.2 Å². The van der Waals surface area contributed by atoms with Crippen LogP contribution in [0.25, 0.3) is 0 Å². The molecule has 110 valence electrons. The first-order chi connectivity index (χ1) is 8.88. The van der Waals surface area contributed by atoms with E-state index in [1.165, 1.54) is 4.31 Å². The summed E-state index contributed by atoms with van der Waals surface area (Å²) in [5.74, 6) is 0. The molecule has 0 fully saturated rings. The standard InChI is InChI=1S/C13H24N2O3S/c1-5-7-11(3)14(4)19(17,18)13-8-12(10-16)15(6-2)9-13/h8-9,11,16H,5-7,10H2,1-4H3. The van der Waals surface area contributed by atoms with Crippen LogP contribution in [0.5, 0.6) is 0 Å². The molecule has 5 nitrogen and oxygen atoms in total. The minimum Gasteiger partial charge on any atom is -0.390 e. The molecule has 1 unspecified atom stereocenters. The molecule has 1 atom stereocenters. The van der Waals surface area contributed by atoms with Gasteiger partial charge in [0.25, 0.3) is 0 Å². The van der Waals surface area contributed by atoms with Crippen LogP contribution < -0.4 is 0 Å². The van der Waals surface area contributed by atoms with Crippen molar-refractivity contribution >= 4 is 10.0 Å². The SMILES string of the molecule is CCCC(C)N(C)S(=O)(=O)c1cc(CO)n(CC)c1. The monoisotopic (exact) mass is 288 g/mol. The van der Waals surface area contributed by atoms with Crippen LogP contribution in [0.4, 0.5) is 0 Å². The van der Waals surface area contributed by atoms with Crippen LogP contribution >= 0.6 is 0 Å². The highest BCUT2D eigenvalue weighted by Crippen LogP contribution is 2.21. The third-order valence-electron chi connectivity index (χ3n) is 3.47. The maximum absolute atomic E-state index is 12.5. The van der Waals surface area contributed by atoms with Gasteiger partial charge in [-0.05, 0) is 26.3 Å². The predicted octanol–water partition coefficient (Wildman–Crippen LogP) is 1.81. The number of rotatable bonds is 7. The van der Waals surface area contributed by atoms with E-state index in [4.69, 9.17) is 0 Å². The number of aliphatic hydroxyl groups is 1. The summed E-state index contributed by atoms with van der Waals surface area (Å²) < 4.78 is 28.1. The number of aliphatic hydroxyl groups excluding tert-OH is 1. The van der Waals surface area contributed by atoms with Crippen molar-refractivity contribution in [2.24, 2.45) is 0 Å². The smallest absolute Gasteiger partial charge is 0.244 e. The second kappa shape index (κ2) is 6.54. The lowest BCUT2D eigenvalue weighted by atomic mass is 10.2. The molecule has 0 saturated carbocycles. The van der Waals surface area contributed by atoms with E-state index < -0.39 is 10.0 Å². The van der Waals surface area contributed by atoms with E-state index in [0.29, 0.717) is 12.2 Å².